The second kappa shape index (κ2) is 7.42. The molecule has 2 rings (SSSR count). The predicted molar refractivity (Wildman–Crippen MR) is 90.0 cm³/mol. The second-order valence-corrected chi connectivity index (χ2v) is 6.86. The lowest BCUT2D eigenvalue weighted by Gasteiger charge is -2.28. The van der Waals surface area contributed by atoms with Crippen LogP contribution in [0.1, 0.15) is 75.6 Å². The molecule has 1 heterocycles. The predicted octanol–water partition coefficient (Wildman–Crippen LogP) is 4.62. The molecule has 0 bridgehead atoms. The van der Waals surface area contributed by atoms with Gasteiger partial charge in [0.1, 0.15) is 0 Å². The lowest BCUT2D eigenvalue weighted by Crippen LogP contribution is -2.29. The third-order valence-electron chi connectivity index (χ3n) is 4.59. The first-order valence-corrected chi connectivity index (χ1v) is 8.49. The average Bonchev–Trinajstić information content (AvgIpc) is 2.98. The largest absolute Gasteiger partial charge is 0.381 e. The Morgan fingerprint density at radius 3 is 2.43 bits per heavy atom. The van der Waals surface area contributed by atoms with Crippen LogP contribution in [0.5, 0.6) is 0 Å². The first-order valence-electron chi connectivity index (χ1n) is 8.49. The molecule has 21 heavy (non-hydrogen) atoms. The van der Waals surface area contributed by atoms with Crippen molar-refractivity contribution in [2.24, 2.45) is 5.92 Å². The number of hydrogen-bond donors (Lipinski definition) is 1. The molecule has 1 aliphatic heterocycles. The van der Waals surface area contributed by atoms with Gasteiger partial charge >= 0.3 is 0 Å². The highest BCUT2D eigenvalue weighted by Gasteiger charge is 2.28. The number of nitrogens with one attached hydrogen (secondary N) is 1. The van der Waals surface area contributed by atoms with E-state index >= 15 is 0 Å². The van der Waals surface area contributed by atoms with Crippen molar-refractivity contribution >= 4 is 0 Å². The van der Waals surface area contributed by atoms with E-state index in [1.165, 1.54) is 23.1 Å². The standard InChI is InChI=1S/C19H31NO/c1-6-20-19(16-9-10-21-12-16)17-8-7-15(13(2)3)11-18(17)14(4)5/h7-8,11,13-14,16,19-20H,6,9-10,12H2,1-5H3. The van der Waals surface area contributed by atoms with E-state index in [4.69, 9.17) is 4.74 Å². The Hall–Kier alpha value is -0.860. The summed E-state index contributed by atoms with van der Waals surface area (Å²) in [6.45, 7) is 14.1. The Labute approximate surface area is 130 Å². The molecule has 1 aromatic rings. The van der Waals surface area contributed by atoms with Crippen molar-refractivity contribution in [3.63, 3.8) is 0 Å². The van der Waals surface area contributed by atoms with E-state index in [1.54, 1.807) is 0 Å². The number of benzene rings is 1. The van der Waals surface area contributed by atoms with Crippen molar-refractivity contribution in [2.75, 3.05) is 19.8 Å². The summed E-state index contributed by atoms with van der Waals surface area (Å²) in [4.78, 5) is 0. The van der Waals surface area contributed by atoms with E-state index in [0.29, 0.717) is 23.8 Å². The molecule has 1 fully saturated rings. The van der Waals surface area contributed by atoms with Gasteiger partial charge in [-0.3, -0.25) is 0 Å². The molecule has 1 aromatic carbocycles. The molecule has 2 unspecified atom stereocenters. The summed E-state index contributed by atoms with van der Waals surface area (Å²) in [7, 11) is 0. The molecule has 1 N–H and O–H groups in total. The Kier molecular flexibility index (Phi) is 5.83. The van der Waals surface area contributed by atoms with Crippen LogP contribution in [0.3, 0.4) is 0 Å². The molecule has 0 saturated carbocycles. The van der Waals surface area contributed by atoms with Gasteiger partial charge in [0.15, 0.2) is 0 Å². The molecule has 1 saturated heterocycles. The summed E-state index contributed by atoms with van der Waals surface area (Å²) in [5, 5.41) is 3.70. The molecular formula is C19H31NO. The van der Waals surface area contributed by atoms with Gasteiger partial charge in [-0.1, -0.05) is 52.8 Å². The third-order valence-corrected chi connectivity index (χ3v) is 4.59. The molecule has 0 radical (unpaired) electrons. The Balaban J connectivity index is 2.38. The van der Waals surface area contributed by atoms with Gasteiger partial charge in [-0.25, -0.2) is 0 Å². The quantitative estimate of drug-likeness (QED) is 0.825. The number of hydrogen-bond acceptors (Lipinski definition) is 2. The summed E-state index contributed by atoms with van der Waals surface area (Å²) in [6.07, 6.45) is 1.17. The minimum atomic E-state index is 0.427. The second-order valence-electron chi connectivity index (χ2n) is 6.86. The zero-order valence-corrected chi connectivity index (χ0v) is 14.3. The maximum absolute atomic E-state index is 5.63. The maximum Gasteiger partial charge on any atom is 0.0513 e. The van der Waals surface area contributed by atoms with Gasteiger partial charge in [0.05, 0.1) is 6.61 Å². The molecule has 118 valence electrons. The van der Waals surface area contributed by atoms with Gasteiger partial charge in [-0.15, -0.1) is 0 Å². The number of ether oxygens (including phenoxy) is 1. The van der Waals surface area contributed by atoms with E-state index in [0.717, 1.165) is 19.8 Å². The van der Waals surface area contributed by atoms with Crippen LogP contribution in [0, 0.1) is 5.92 Å². The van der Waals surface area contributed by atoms with Crippen LogP contribution in [0.4, 0.5) is 0 Å². The first-order chi connectivity index (χ1) is 10.0. The molecule has 0 amide bonds. The minimum absolute atomic E-state index is 0.427. The van der Waals surface area contributed by atoms with Gasteiger partial charge < -0.3 is 10.1 Å². The van der Waals surface area contributed by atoms with Gasteiger partial charge in [0, 0.05) is 18.6 Å². The fraction of sp³-hybridized carbons (Fsp3) is 0.684. The average molecular weight is 289 g/mol. The monoisotopic (exact) mass is 289 g/mol. The van der Waals surface area contributed by atoms with Crippen LogP contribution >= 0.6 is 0 Å². The van der Waals surface area contributed by atoms with E-state index in [1.807, 2.05) is 0 Å². The molecule has 2 nitrogen and oxygen atoms in total. The topological polar surface area (TPSA) is 21.3 Å². The SMILES string of the molecule is CCNC(c1ccc(C(C)C)cc1C(C)C)C1CCOC1. The van der Waals surface area contributed by atoms with E-state index < -0.39 is 0 Å². The van der Waals surface area contributed by atoms with Crippen LogP contribution in [0.2, 0.25) is 0 Å². The van der Waals surface area contributed by atoms with Crippen LogP contribution in [0.15, 0.2) is 18.2 Å². The van der Waals surface area contributed by atoms with Crippen LogP contribution < -0.4 is 5.32 Å². The Morgan fingerprint density at radius 2 is 1.90 bits per heavy atom. The molecule has 0 aromatic heterocycles. The van der Waals surface area contributed by atoms with Gasteiger partial charge in [0.25, 0.3) is 0 Å². The van der Waals surface area contributed by atoms with Crippen LogP contribution in [-0.2, 0) is 4.74 Å². The number of rotatable bonds is 6. The Morgan fingerprint density at radius 1 is 1.14 bits per heavy atom. The lowest BCUT2D eigenvalue weighted by molar-refractivity contribution is 0.177. The van der Waals surface area contributed by atoms with Crippen molar-refractivity contribution in [3.05, 3.63) is 34.9 Å². The molecule has 0 aliphatic carbocycles. The minimum Gasteiger partial charge on any atom is -0.381 e. The molecular weight excluding hydrogens is 258 g/mol. The summed E-state index contributed by atoms with van der Waals surface area (Å²) in [6, 6.07) is 7.52. The Bertz CT molecular complexity index is 447. The fourth-order valence-corrected chi connectivity index (χ4v) is 3.30. The van der Waals surface area contributed by atoms with E-state index in [-0.39, 0.29) is 0 Å². The molecule has 2 heteroatoms. The normalized spacial score (nSPS) is 20.4. The first kappa shape index (κ1) is 16.5. The van der Waals surface area contributed by atoms with Crippen molar-refractivity contribution in [2.45, 2.75) is 58.9 Å². The van der Waals surface area contributed by atoms with Crippen molar-refractivity contribution in [1.82, 2.24) is 5.32 Å². The van der Waals surface area contributed by atoms with Crippen molar-refractivity contribution in [1.29, 1.82) is 0 Å². The summed E-state index contributed by atoms with van der Waals surface area (Å²) >= 11 is 0. The smallest absolute Gasteiger partial charge is 0.0513 e. The highest BCUT2D eigenvalue weighted by Crippen LogP contribution is 2.35. The van der Waals surface area contributed by atoms with Crippen molar-refractivity contribution < 1.29 is 4.74 Å². The van der Waals surface area contributed by atoms with Crippen LogP contribution in [-0.4, -0.2) is 19.8 Å². The maximum atomic E-state index is 5.63. The van der Waals surface area contributed by atoms with Gasteiger partial charge in [-0.05, 0) is 41.5 Å². The molecule has 0 spiro atoms. The highest BCUT2D eigenvalue weighted by atomic mass is 16.5. The molecule has 2 atom stereocenters. The third kappa shape index (κ3) is 3.87. The zero-order valence-electron chi connectivity index (χ0n) is 14.3. The van der Waals surface area contributed by atoms with Crippen molar-refractivity contribution in [3.8, 4) is 0 Å². The van der Waals surface area contributed by atoms with Gasteiger partial charge in [-0.2, -0.15) is 0 Å². The van der Waals surface area contributed by atoms with E-state index in [2.05, 4.69) is 58.1 Å². The summed E-state index contributed by atoms with van der Waals surface area (Å²) < 4.78 is 5.63. The van der Waals surface area contributed by atoms with Gasteiger partial charge in [0.2, 0.25) is 0 Å². The molecule has 1 aliphatic rings. The summed E-state index contributed by atoms with van der Waals surface area (Å²) in [5.74, 6) is 1.75. The summed E-state index contributed by atoms with van der Waals surface area (Å²) in [5.41, 5.74) is 4.42. The highest BCUT2D eigenvalue weighted by molar-refractivity contribution is 5.38. The van der Waals surface area contributed by atoms with Crippen LogP contribution in [0.25, 0.3) is 0 Å². The van der Waals surface area contributed by atoms with E-state index in [9.17, 15) is 0 Å². The zero-order chi connectivity index (χ0) is 15.4. The fourth-order valence-electron chi connectivity index (χ4n) is 3.30. The lowest BCUT2D eigenvalue weighted by atomic mass is 9.84.